The van der Waals surface area contributed by atoms with Crippen LogP contribution in [0.25, 0.3) is 32.3 Å². The fourth-order valence-corrected chi connectivity index (χ4v) is 4.38. The molecular weight excluding hydrogens is 376 g/mol. The van der Waals surface area contributed by atoms with Crippen molar-refractivity contribution in [3.05, 3.63) is 104 Å². The maximum Gasteiger partial charge on any atom is 0.187 e. The van der Waals surface area contributed by atoms with Gasteiger partial charge in [0.2, 0.25) is 0 Å². The molecule has 0 fully saturated rings. The van der Waals surface area contributed by atoms with Gasteiger partial charge in [-0.05, 0) is 45.8 Å². The molecule has 3 aromatic carbocycles. The van der Waals surface area contributed by atoms with Crippen molar-refractivity contribution in [3.63, 3.8) is 0 Å². The molecule has 0 amide bonds. The van der Waals surface area contributed by atoms with Crippen LogP contribution >= 0.6 is 0 Å². The highest BCUT2D eigenvalue weighted by Crippen LogP contribution is 2.36. The predicted molar refractivity (Wildman–Crippen MR) is 120 cm³/mol. The van der Waals surface area contributed by atoms with Gasteiger partial charge in [0.1, 0.15) is 11.5 Å². The van der Waals surface area contributed by atoms with Gasteiger partial charge in [0.15, 0.2) is 10.9 Å². The van der Waals surface area contributed by atoms with Crippen LogP contribution < -0.4 is 20.3 Å². The van der Waals surface area contributed by atoms with E-state index < -0.39 is 0 Å². The zero-order chi connectivity index (χ0) is 20.8. The summed E-state index contributed by atoms with van der Waals surface area (Å²) in [7, 11) is 3.14. The molecule has 0 bridgehead atoms. The molecule has 146 valence electrons. The summed E-state index contributed by atoms with van der Waals surface area (Å²) in [5.41, 5.74) is -0.460. The SMILES string of the molecule is COc1cccc2c1c1c(=O)ccc(=O)c=1c1c(OC)cccc1c1ccccc21. The monoisotopic (exact) mass is 394 g/mol. The van der Waals surface area contributed by atoms with E-state index in [0.717, 1.165) is 21.5 Å². The van der Waals surface area contributed by atoms with Crippen molar-refractivity contribution in [3.8, 4) is 11.5 Å². The highest BCUT2D eigenvalue weighted by Gasteiger charge is 2.15. The van der Waals surface area contributed by atoms with E-state index in [9.17, 15) is 9.59 Å². The molecule has 30 heavy (non-hydrogen) atoms. The second kappa shape index (κ2) is 6.85. The minimum Gasteiger partial charge on any atom is -0.496 e. The number of hydrogen-bond acceptors (Lipinski definition) is 4. The second-order valence-corrected chi connectivity index (χ2v) is 7.12. The fourth-order valence-electron chi connectivity index (χ4n) is 4.38. The Balaban J connectivity index is 2.44. The highest BCUT2D eigenvalue weighted by molar-refractivity contribution is 6.17. The van der Waals surface area contributed by atoms with Gasteiger partial charge in [0, 0.05) is 21.2 Å². The first-order chi connectivity index (χ1) is 14.7. The van der Waals surface area contributed by atoms with Crippen LogP contribution in [0.5, 0.6) is 11.5 Å². The number of hydrogen-bond donors (Lipinski definition) is 0. The van der Waals surface area contributed by atoms with Gasteiger partial charge in [-0.15, -0.1) is 0 Å². The Kier molecular flexibility index (Phi) is 4.14. The van der Waals surface area contributed by atoms with Crippen LogP contribution in [0.4, 0.5) is 0 Å². The molecule has 0 aliphatic heterocycles. The molecule has 0 atom stereocenters. The molecule has 2 aliphatic rings. The van der Waals surface area contributed by atoms with E-state index in [0.29, 0.717) is 32.7 Å². The lowest BCUT2D eigenvalue weighted by Crippen LogP contribution is -2.12. The van der Waals surface area contributed by atoms with Crippen molar-refractivity contribution in [2.24, 2.45) is 0 Å². The third-order valence-electron chi connectivity index (χ3n) is 5.63. The minimum atomic E-state index is -0.230. The van der Waals surface area contributed by atoms with Crippen molar-refractivity contribution in [1.82, 2.24) is 0 Å². The average Bonchev–Trinajstić information content (AvgIpc) is 2.78. The molecule has 4 nitrogen and oxygen atoms in total. The highest BCUT2D eigenvalue weighted by atomic mass is 16.5. The lowest BCUT2D eigenvalue weighted by molar-refractivity contribution is 0.419. The lowest BCUT2D eigenvalue weighted by atomic mass is 9.95. The van der Waals surface area contributed by atoms with Crippen LogP contribution in [0.15, 0.2) is 82.4 Å². The summed E-state index contributed by atoms with van der Waals surface area (Å²) >= 11 is 0. The van der Waals surface area contributed by atoms with E-state index in [1.165, 1.54) is 12.1 Å². The second-order valence-electron chi connectivity index (χ2n) is 7.12. The van der Waals surface area contributed by atoms with Crippen LogP contribution in [0.2, 0.25) is 0 Å². The first-order valence-electron chi connectivity index (χ1n) is 9.61. The molecule has 0 saturated heterocycles. The third kappa shape index (κ3) is 2.47. The normalized spacial score (nSPS) is 11.3. The van der Waals surface area contributed by atoms with Crippen molar-refractivity contribution >= 4 is 32.3 Å². The summed E-state index contributed by atoms with van der Waals surface area (Å²) in [6.45, 7) is 0. The average molecular weight is 394 g/mol. The van der Waals surface area contributed by atoms with Gasteiger partial charge in [-0.2, -0.15) is 0 Å². The minimum absolute atomic E-state index is 0.230. The summed E-state index contributed by atoms with van der Waals surface area (Å²) in [5, 5.41) is 5.56. The van der Waals surface area contributed by atoms with Crippen molar-refractivity contribution < 1.29 is 9.47 Å². The Morgan fingerprint density at radius 2 is 0.900 bits per heavy atom. The number of methoxy groups -OCH3 is 2. The molecule has 0 spiro atoms. The molecule has 0 aromatic heterocycles. The van der Waals surface area contributed by atoms with Gasteiger partial charge in [-0.3, -0.25) is 9.59 Å². The molecule has 0 N–H and O–H groups in total. The zero-order valence-electron chi connectivity index (χ0n) is 16.6. The van der Waals surface area contributed by atoms with Gasteiger partial charge in [-0.1, -0.05) is 48.5 Å². The maximum absolute atomic E-state index is 13.2. The third-order valence-corrected chi connectivity index (χ3v) is 5.63. The van der Waals surface area contributed by atoms with Crippen molar-refractivity contribution in [2.45, 2.75) is 0 Å². The van der Waals surface area contributed by atoms with Crippen LogP contribution in [0.3, 0.4) is 0 Å². The quantitative estimate of drug-likeness (QED) is 0.439. The number of rotatable bonds is 2. The number of ether oxygens (including phenoxy) is 2. The van der Waals surface area contributed by atoms with Crippen molar-refractivity contribution in [2.75, 3.05) is 14.2 Å². The molecule has 4 heteroatoms. The standard InChI is InChI=1S/C26H18O4/c1-29-21-11-5-9-17-15-7-3-4-8-16(15)18-10-6-12-22(30-2)24(18)26-20(28)14-13-19(27)25(26)23(17)21/h3-14H,1-2H3. The van der Waals surface area contributed by atoms with E-state index in [2.05, 4.69) is 0 Å². The van der Waals surface area contributed by atoms with Gasteiger partial charge < -0.3 is 9.47 Å². The zero-order valence-corrected chi connectivity index (χ0v) is 16.6. The molecule has 5 rings (SSSR count). The predicted octanol–water partition coefficient (Wildman–Crippen LogP) is 4.61. The van der Waals surface area contributed by atoms with Crippen molar-refractivity contribution in [1.29, 1.82) is 0 Å². The number of benzene rings is 3. The summed E-state index contributed by atoms with van der Waals surface area (Å²) < 4.78 is 11.3. The Morgan fingerprint density at radius 1 is 0.500 bits per heavy atom. The largest absolute Gasteiger partial charge is 0.496 e. The van der Waals surface area contributed by atoms with Gasteiger partial charge in [0.25, 0.3) is 0 Å². The molecule has 0 saturated carbocycles. The van der Waals surface area contributed by atoms with Crippen LogP contribution in [0.1, 0.15) is 0 Å². The first kappa shape index (κ1) is 18.1. The Morgan fingerprint density at radius 3 is 1.30 bits per heavy atom. The van der Waals surface area contributed by atoms with E-state index >= 15 is 0 Å². The summed E-state index contributed by atoms with van der Waals surface area (Å²) in [5.74, 6) is 1.09. The van der Waals surface area contributed by atoms with E-state index in [1.807, 2.05) is 60.7 Å². The van der Waals surface area contributed by atoms with Crippen LogP contribution in [-0.2, 0) is 0 Å². The van der Waals surface area contributed by atoms with Gasteiger partial charge in [-0.25, -0.2) is 0 Å². The Labute approximate surface area is 171 Å². The molecule has 2 aliphatic carbocycles. The molecular formula is C26H18O4. The smallest absolute Gasteiger partial charge is 0.187 e. The summed E-state index contributed by atoms with van der Waals surface area (Å²) in [6, 6.07) is 22.0. The topological polar surface area (TPSA) is 52.6 Å². The molecule has 0 heterocycles. The lowest BCUT2D eigenvalue weighted by Gasteiger charge is -2.12. The molecule has 0 unspecified atom stereocenters. The number of fused-ring (bicyclic) bond motifs is 7. The van der Waals surface area contributed by atoms with E-state index in [-0.39, 0.29) is 10.9 Å². The molecule has 3 aromatic rings. The fraction of sp³-hybridized carbons (Fsp3) is 0.0769. The Bertz CT molecular complexity index is 1530. The van der Waals surface area contributed by atoms with Gasteiger partial charge in [0.05, 0.1) is 14.2 Å². The first-order valence-corrected chi connectivity index (χ1v) is 9.61. The summed E-state index contributed by atoms with van der Waals surface area (Å²) in [4.78, 5) is 26.4. The Hall–Kier alpha value is -3.92. The summed E-state index contributed by atoms with van der Waals surface area (Å²) in [6.07, 6.45) is 0. The van der Waals surface area contributed by atoms with Crippen LogP contribution in [0, 0.1) is 10.4 Å². The van der Waals surface area contributed by atoms with Crippen LogP contribution in [-0.4, -0.2) is 14.2 Å². The van der Waals surface area contributed by atoms with E-state index in [1.54, 1.807) is 14.2 Å². The van der Waals surface area contributed by atoms with E-state index in [4.69, 9.17) is 9.47 Å². The maximum atomic E-state index is 13.2. The van der Waals surface area contributed by atoms with Gasteiger partial charge >= 0.3 is 0 Å². The molecule has 0 radical (unpaired) electrons.